The summed E-state index contributed by atoms with van der Waals surface area (Å²) in [7, 11) is 1.36. The van der Waals surface area contributed by atoms with Crippen LogP contribution in [0.2, 0.25) is 0 Å². The van der Waals surface area contributed by atoms with Crippen LogP contribution in [0.4, 0.5) is 4.39 Å². The van der Waals surface area contributed by atoms with Gasteiger partial charge in [0.05, 0.1) is 7.11 Å². The number of halogens is 1. The Morgan fingerprint density at radius 3 is 2.67 bits per heavy atom. The second-order valence-electron chi connectivity index (χ2n) is 3.93. The molecule has 0 saturated carbocycles. The number of ketones is 1. The first kappa shape index (κ1) is 12.2. The minimum Gasteiger partial charge on any atom is -0.494 e. The van der Waals surface area contributed by atoms with E-state index in [2.05, 4.69) is 4.98 Å². The molecular weight excluding hydrogens is 233 g/mol. The van der Waals surface area contributed by atoms with Crippen molar-refractivity contribution in [2.24, 2.45) is 0 Å². The standard InChI is InChI=1S/C14H12FNO2/c1-9-5-11(8-16-7-9)14(17)10-3-4-12(15)13(6-10)18-2/h3-8H,1-2H3. The molecule has 0 bridgehead atoms. The summed E-state index contributed by atoms with van der Waals surface area (Å²) in [6.07, 6.45) is 3.16. The number of carbonyl (C=O) groups is 1. The van der Waals surface area contributed by atoms with E-state index in [-0.39, 0.29) is 11.5 Å². The van der Waals surface area contributed by atoms with Gasteiger partial charge in [0.15, 0.2) is 17.3 Å². The average Bonchev–Trinajstić information content (AvgIpc) is 2.38. The van der Waals surface area contributed by atoms with Crippen LogP contribution in [0.5, 0.6) is 5.75 Å². The van der Waals surface area contributed by atoms with Gasteiger partial charge < -0.3 is 4.74 Å². The predicted octanol–water partition coefficient (Wildman–Crippen LogP) is 2.77. The first-order chi connectivity index (χ1) is 8.61. The topological polar surface area (TPSA) is 39.2 Å². The Balaban J connectivity index is 2.40. The highest BCUT2D eigenvalue weighted by atomic mass is 19.1. The molecular formula is C14H12FNO2. The molecule has 0 aliphatic rings. The largest absolute Gasteiger partial charge is 0.494 e. The summed E-state index contributed by atoms with van der Waals surface area (Å²) in [6.45, 7) is 1.86. The molecule has 18 heavy (non-hydrogen) atoms. The number of pyridine rings is 1. The van der Waals surface area contributed by atoms with E-state index in [0.717, 1.165) is 5.56 Å². The molecule has 1 heterocycles. The molecule has 0 aliphatic carbocycles. The van der Waals surface area contributed by atoms with E-state index < -0.39 is 5.82 Å². The first-order valence-electron chi connectivity index (χ1n) is 5.41. The van der Waals surface area contributed by atoms with Crippen molar-refractivity contribution in [3.63, 3.8) is 0 Å². The number of ether oxygens (including phenoxy) is 1. The number of methoxy groups -OCH3 is 1. The van der Waals surface area contributed by atoms with Gasteiger partial charge in [-0.1, -0.05) is 0 Å². The zero-order valence-electron chi connectivity index (χ0n) is 10.1. The van der Waals surface area contributed by atoms with E-state index >= 15 is 0 Å². The molecule has 2 rings (SSSR count). The molecule has 0 radical (unpaired) electrons. The van der Waals surface area contributed by atoms with Gasteiger partial charge in [0.1, 0.15) is 0 Å². The summed E-state index contributed by atoms with van der Waals surface area (Å²) in [5, 5.41) is 0. The molecule has 0 saturated heterocycles. The van der Waals surface area contributed by atoms with Crippen molar-refractivity contribution in [1.82, 2.24) is 4.98 Å². The van der Waals surface area contributed by atoms with Crippen molar-refractivity contribution >= 4 is 5.78 Å². The smallest absolute Gasteiger partial charge is 0.194 e. The van der Waals surface area contributed by atoms with Gasteiger partial charge >= 0.3 is 0 Å². The zero-order chi connectivity index (χ0) is 13.1. The van der Waals surface area contributed by atoms with Gasteiger partial charge in [-0.15, -0.1) is 0 Å². The van der Waals surface area contributed by atoms with Crippen LogP contribution in [-0.2, 0) is 0 Å². The van der Waals surface area contributed by atoms with Crippen LogP contribution in [0.3, 0.4) is 0 Å². The second kappa shape index (κ2) is 4.96. The number of benzene rings is 1. The molecule has 3 nitrogen and oxygen atoms in total. The van der Waals surface area contributed by atoms with Crippen LogP contribution in [0.15, 0.2) is 36.7 Å². The van der Waals surface area contributed by atoms with E-state index in [9.17, 15) is 9.18 Å². The van der Waals surface area contributed by atoms with Crippen LogP contribution in [0, 0.1) is 12.7 Å². The summed E-state index contributed by atoms with van der Waals surface area (Å²) < 4.78 is 18.1. The molecule has 0 unspecified atom stereocenters. The Hall–Kier alpha value is -2.23. The summed E-state index contributed by atoms with van der Waals surface area (Å²) >= 11 is 0. The van der Waals surface area contributed by atoms with E-state index in [1.165, 1.54) is 31.5 Å². The summed E-state index contributed by atoms with van der Waals surface area (Å²) in [5.41, 5.74) is 1.75. The number of aromatic nitrogens is 1. The number of carbonyl (C=O) groups excluding carboxylic acids is 1. The van der Waals surface area contributed by atoms with Crippen molar-refractivity contribution in [3.05, 3.63) is 59.2 Å². The van der Waals surface area contributed by atoms with Gasteiger partial charge in [-0.2, -0.15) is 0 Å². The second-order valence-corrected chi connectivity index (χ2v) is 3.93. The number of rotatable bonds is 3. The van der Waals surface area contributed by atoms with E-state index in [1.807, 2.05) is 6.92 Å². The molecule has 0 fully saturated rings. The van der Waals surface area contributed by atoms with Crippen LogP contribution < -0.4 is 4.74 Å². The fourth-order valence-corrected chi connectivity index (χ4v) is 1.65. The SMILES string of the molecule is COc1cc(C(=O)c2cncc(C)c2)ccc1F. The van der Waals surface area contributed by atoms with Gasteiger partial charge in [0.2, 0.25) is 0 Å². The Kier molecular flexibility index (Phi) is 3.37. The molecule has 92 valence electrons. The summed E-state index contributed by atoms with van der Waals surface area (Å²) in [4.78, 5) is 16.1. The van der Waals surface area contributed by atoms with Crippen molar-refractivity contribution in [2.45, 2.75) is 6.92 Å². The summed E-state index contributed by atoms with van der Waals surface area (Å²) in [5.74, 6) is -0.637. The zero-order valence-corrected chi connectivity index (χ0v) is 10.1. The van der Waals surface area contributed by atoms with Crippen LogP contribution >= 0.6 is 0 Å². The highest BCUT2D eigenvalue weighted by Crippen LogP contribution is 2.20. The maximum atomic E-state index is 13.3. The van der Waals surface area contributed by atoms with Gasteiger partial charge in [-0.05, 0) is 36.8 Å². The van der Waals surface area contributed by atoms with Gasteiger partial charge in [-0.3, -0.25) is 9.78 Å². The van der Waals surface area contributed by atoms with E-state index in [1.54, 1.807) is 12.3 Å². The van der Waals surface area contributed by atoms with E-state index in [0.29, 0.717) is 11.1 Å². The molecule has 0 aliphatic heterocycles. The number of nitrogens with zero attached hydrogens (tertiary/aromatic N) is 1. The number of hydrogen-bond acceptors (Lipinski definition) is 3. The van der Waals surface area contributed by atoms with Crippen LogP contribution in [0.25, 0.3) is 0 Å². The maximum Gasteiger partial charge on any atom is 0.194 e. The highest BCUT2D eigenvalue weighted by Gasteiger charge is 2.12. The first-order valence-corrected chi connectivity index (χ1v) is 5.41. The Morgan fingerprint density at radius 2 is 2.00 bits per heavy atom. The maximum absolute atomic E-state index is 13.3. The predicted molar refractivity (Wildman–Crippen MR) is 65.4 cm³/mol. The van der Waals surface area contributed by atoms with Gasteiger partial charge in [-0.25, -0.2) is 4.39 Å². The Bertz CT molecular complexity index is 596. The Labute approximate surface area is 104 Å². The fraction of sp³-hybridized carbons (Fsp3) is 0.143. The lowest BCUT2D eigenvalue weighted by Gasteiger charge is -2.05. The van der Waals surface area contributed by atoms with Crippen LogP contribution in [0.1, 0.15) is 21.5 Å². The molecule has 1 aromatic heterocycles. The summed E-state index contributed by atoms with van der Waals surface area (Å²) in [6, 6.07) is 5.78. The number of aryl methyl sites for hydroxylation is 1. The number of hydrogen-bond donors (Lipinski definition) is 0. The average molecular weight is 245 g/mol. The minimum absolute atomic E-state index is 0.0569. The molecule has 0 spiro atoms. The fourth-order valence-electron chi connectivity index (χ4n) is 1.65. The molecule has 4 heteroatoms. The lowest BCUT2D eigenvalue weighted by molar-refractivity contribution is 0.103. The molecule has 2 aromatic rings. The van der Waals surface area contributed by atoms with Gasteiger partial charge in [0.25, 0.3) is 0 Å². The van der Waals surface area contributed by atoms with Gasteiger partial charge in [0, 0.05) is 23.5 Å². The minimum atomic E-state index is -0.489. The Morgan fingerprint density at radius 1 is 1.22 bits per heavy atom. The molecule has 1 aromatic carbocycles. The lowest BCUT2D eigenvalue weighted by Crippen LogP contribution is -2.03. The van der Waals surface area contributed by atoms with Crippen molar-refractivity contribution in [3.8, 4) is 5.75 Å². The van der Waals surface area contributed by atoms with Crippen LogP contribution in [-0.4, -0.2) is 17.9 Å². The molecule has 0 amide bonds. The van der Waals surface area contributed by atoms with Crippen molar-refractivity contribution in [1.29, 1.82) is 0 Å². The van der Waals surface area contributed by atoms with Crippen molar-refractivity contribution < 1.29 is 13.9 Å². The monoisotopic (exact) mass is 245 g/mol. The lowest BCUT2D eigenvalue weighted by atomic mass is 10.0. The normalized spacial score (nSPS) is 10.2. The van der Waals surface area contributed by atoms with Crippen molar-refractivity contribution in [2.75, 3.05) is 7.11 Å². The third-order valence-corrected chi connectivity index (χ3v) is 2.55. The highest BCUT2D eigenvalue weighted by molar-refractivity contribution is 6.09. The third kappa shape index (κ3) is 2.37. The van der Waals surface area contributed by atoms with E-state index in [4.69, 9.17) is 4.74 Å². The molecule has 0 atom stereocenters. The quantitative estimate of drug-likeness (QED) is 0.780. The molecule has 0 N–H and O–H groups in total. The third-order valence-electron chi connectivity index (χ3n) is 2.55.